The number of aliphatic hydroxyl groups excluding tert-OH is 1. The second-order valence-corrected chi connectivity index (χ2v) is 8.49. The fraction of sp³-hybridized carbons (Fsp3) is 0.444. The maximum absolute atomic E-state index is 13.2. The number of aryl methyl sites for hydroxylation is 1. The molecule has 1 amide bonds. The van der Waals surface area contributed by atoms with Gasteiger partial charge in [0, 0.05) is 31.0 Å². The maximum atomic E-state index is 13.2. The molecule has 3 rings (SSSR count). The lowest BCUT2D eigenvalue weighted by molar-refractivity contribution is -0.140. The largest absolute Gasteiger partial charge is 0.507 e. The van der Waals surface area contributed by atoms with Crippen LogP contribution in [0.25, 0.3) is 5.76 Å². The first-order chi connectivity index (χ1) is 16.4. The molecule has 0 bridgehead atoms. The Morgan fingerprint density at radius 2 is 1.94 bits per heavy atom. The lowest BCUT2D eigenvalue weighted by atomic mass is 9.95. The van der Waals surface area contributed by atoms with E-state index in [0.29, 0.717) is 30.8 Å². The summed E-state index contributed by atoms with van der Waals surface area (Å²) in [6, 6.07) is 8.23. The van der Waals surface area contributed by atoms with Crippen molar-refractivity contribution in [2.75, 3.05) is 32.8 Å². The topological polar surface area (TPSA) is 83.0 Å². The standard InChI is InChI=1S/C27H35N3O4/c1-5-8-16-34-22-12-11-20(17-19(22)4)25(31)23-24(21-10-9-13-28-18-21)30(27(33)26(23)32)15-14-29(6-2)7-3/h9-13,17-18,24,31H,5-8,14-16H2,1-4H3/b25-23+/t24-/m1/s1. The number of likely N-dealkylation sites (tertiary alicyclic amines) is 1. The third-order valence-corrected chi connectivity index (χ3v) is 6.30. The molecule has 1 atom stereocenters. The first-order valence-corrected chi connectivity index (χ1v) is 12.1. The van der Waals surface area contributed by atoms with Crippen LogP contribution in [-0.4, -0.2) is 64.4 Å². The van der Waals surface area contributed by atoms with Crippen molar-refractivity contribution in [3.05, 3.63) is 65.0 Å². The first kappa shape index (κ1) is 25.4. The average molecular weight is 466 g/mol. The van der Waals surface area contributed by atoms with Gasteiger partial charge in [-0.1, -0.05) is 33.3 Å². The van der Waals surface area contributed by atoms with Crippen molar-refractivity contribution < 1.29 is 19.4 Å². The van der Waals surface area contributed by atoms with Crippen LogP contribution < -0.4 is 4.74 Å². The van der Waals surface area contributed by atoms with E-state index in [0.717, 1.165) is 37.2 Å². The van der Waals surface area contributed by atoms with E-state index in [-0.39, 0.29) is 11.3 Å². The molecule has 1 aliphatic heterocycles. The van der Waals surface area contributed by atoms with E-state index < -0.39 is 17.7 Å². The van der Waals surface area contributed by atoms with Crippen LogP contribution in [0.2, 0.25) is 0 Å². The molecule has 7 nitrogen and oxygen atoms in total. The van der Waals surface area contributed by atoms with Gasteiger partial charge in [-0.05, 0) is 61.8 Å². The number of carbonyl (C=O) groups is 2. The minimum atomic E-state index is -0.690. The molecule has 7 heteroatoms. The molecule has 1 aromatic heterocycles. The summed E-state index contributed by atoms with van der Waals surface area (Å²) < 4.78 is 5.82. The number of aliphatic hydroxyl groups is 1. The van der Waals surface area contributed by atoms with Crippen molar-refractivity contribution in [1.82, 2.24) is 14.8 Å². The lowest BCUT2D eigenvalue weighted by Crippen LogP contribution is -2.38. The van der Waals surface area contributed by atoms with Crippen molar-refractivity contribution in [1.29, 1.82) is 0 Å². The molecule has 2 aromatic rings. The van der Waals surface area contributed by atoms with Gasteiger partial charge >= 0.3 is 0 Å². The molecular weight excluding hydrogens is 430 g/mol. The molecular formula is C27H35N3O4. The molecule has 0 unspecified atom stereocenters. The fourth-order valence-electron chi connectivity index (χ4n) is 4.22. The molecule has 0 radical (unpaired) electrons. The Bertz CT molecular complexity index is 1030. The van der Waals surface area contributed by atoms with Gasteiger partial charge in [0.15, 0.2) is 0 Å². The summed E-state index contributed by atoms with van der Waals surface area (Å²) in [5.74, 6) is -0.708. The molecule has 34 heavy (non-hydrogen) atoms. The average Bonchev–Trinajstić information content (AvgIpc) is 3.10. The van der Waals surface area contributed by atoms with E-state index in [4.69, 9.17) is 4.74 Å². The molecule has 1 aromatic carbocycles. The highest BCUT2D eigenvalue weighted by Gasteiger charge is 2.46. The smallest absolute Gasteiger partial charge is 0.295 e. The van der Waals surface area contributed by atoms with Crippen LogP contribution >= 0.6 is 0 Å². The number of nitrogens with zero attached hydrogens (tertiary/aromatic N) is 3. The second-order valence-electron chi connectivity index (χ2n) is 8.49. The molecule has 1 saturated heterocycles. The van der Waals surface area contributed by atoms with Crippen molar-refractivity contribution >= 4 is 17.4 Å². The van der Waals surface area contributed by atoms with Crippen LogP contribution in [0.5, 0.6) is 5.75 Å². The number of likely N-dealkylation sites (N-methyl/N-ethyl adjacent to an activating group) is 1. The Kier molecular flexibility index (Phi) is 8.82. The fourth-order valence-corrected chi connectivity index (χ4v) is 4.22. The molecule has 1 fully saturated rings. The third kappa shape index (κ3) is 5.47. The summed E-state index contributed by atoms with van der Waals surface area (Å²) in [5.41, 5.74) is 2.13. The minimum Gasteiger partial charge on any atom is -0.507 e. The number of carbonyl (C=O) groups excluding carboxylic acids is 2. The molecule has 0 aliphatic carbocycles. The maximum Gasteiger partial charge on any atom is 0.295 e. The number of amides is 1. The van der Waals surface area contributed by atoms with Gasteiger partial charge in [0.25, 0.3) is 11.7 Å². The van der Waals surface area contributed by atoms with Gasteiger partial charge in [-0.3, -0.25) is 14.6 Å². The van der Waals surface area contributed by atoms with Crippen molar-refractivity contribution in [2.45, 2.75) is 46.6 Å². The Morgan fingerprint density at radius 3 is 2.56 bits per heavy atom. The summed E-state index contributed by atoms with van der Waals surface area (Å²) >= 11 is 0. The molecule has 0 saturated carbocycles. The Hall–Kier alpha value is -3.19. The van der Waals surface area contributed by atoms with Gasteiger partial charge in [0.1, 0.15) is 11.5 Å². The van der Waals surface area contributed by atoms with E-state index in [2.05, 4.69) is 30.7 Å². The second kappa shape index (κ2) is 11.8. The number of aromatic nitrogens is 1. The highest BCUT2D eigenvalue weighted by atomic mass is 16.5. The van der Waals surface area contributed by atoms with Crippen LogP contribution in [0.15, 0.2) is 48.3 Å². The number of hydrogen-bond acceptors (Lipinski definition) is 6. The van der Waals surface area contributed by atoms with Crippen LogP contribution in [-0.2, 0) is 9.59 Å². The van der Waals surface area contributed by atoms with Crippen LogP contribution in [0.3, 0.4) is 0 Å². The summed E-state index contributed by atoms with van der Waals surface area (Å²) in [7, 11) is 0. The molecule has 182 valence electrons. The number of benzene rings is 1. The van der Waals surface area contributed by atoms with E-state index in [1.165, 1.54) is 0 Å². The summed E-state index contributed by atoms with van der Waals surface area (Å²) in [4.78, 5) is 34.2. The van der Waals surface area contributed by atoms with Gasteiger partial charge in [-0.2, -0.15) is 0 Å². The number of rotatable bonds is 11. The van der Waals surface area contributed by atoms with Gasteiger partial charge in [0.2, 0.25) is 0 Å². The normalized spacial score (nSPS) is 17.6. The SMILES string of the molecule is CCCCOc1ccc(/C(O)=C2\C(=O)C(=O)N(CCN(CC)CC)[C@@H]2c2cccnc2)cc1C. The number of ketones is 1. The predicted molar refractivity (Wildman–Crippen MR) is 133 cm³/mol. The van der Waals surface area contributed by atoms with Gasteiger partial charge in [-0.25, -0.2) is 0 Å². The summed E-state index contributed by atoms with van der Waals surface area (Å²) in [6.07, 6.45) is 5.29. The molecule has 1 aliphatic rings. The number of hydrogen-bond donors (Lipinski definition) is 1. The Labute approximate surface area is 202 Å². The zero-order chi connectivity index (χ0) is 24.7. The molecule has 0 spiro atoms. The monoisotopic (exact) mass is 465 g/mol. The zero-order valence-corrected chi connectivity index (χ0v) is 20.6. The van der Waals surface area contributed by atoms with E-state index >= 15 is 0 Å². The van der Waals surface area contributed by atoms with E-state index in [1.54, 1.807) is 41.6 Å². The highest BCUT2D eigenvalue weighted by Crippen LogP contribution is 2.39. The molecule has 1 N–H and O–H groups in total. The minimum absolute atomic E-state index is 0.0941. The lowest BCUT2D eigenvalue weighted by Gasteiger charge is -2.28. The summed E-state index contributed by atoms with van der Waals surface area (Å²) in [6.45, 7) is 11.5. The van der Waals surface area contributed by atoms with Crippen molar-refractivity contribution in [3.63, 3.8) is 0 Å². The van der Waals surface area contributed by atoms with Crippen molar-refractivity contribution in [3.8, 4) is 5.75 Å². The number of ether oxygens (including phenoxy) is 1. The van der Waals surface area contributed by atoms with Crippen LogP contribution in [0.1, 0.15) is 56.3 Å². The third-order valence-electron chi connectivity index (χ3n) is 6.30. The highest BCUT2D eigenvalue weighted by molar-refractivity contribution is 6.46. The van der Waals surface area contributed by atoms with E-state index in [9.17, 15) is 14.7 Å². The van der Waals surface area contributed by atoms with Gasteiger partial charge in [0.05, 0.1) is 18.2 Å². The van der Waals surface area contributed by atoms with Crippen LogP contribution in [0.4, 0.5) is 0 Å². The Balaban J connectivity index is 2.00. The first-order valence-electron chi connectivity index (χ1n) is 12.1. The van der Waals surface area contributed by atoms with Gasteiger partial charge in [-0.15, -0.1) is 0 Å². The predicted octanol–water partition coefficient (Wildman–Crippen LogP) is 4.33. The number of Topliss-reactive ketones (excluding diaryl/α,β-unsaturated/α-hetero) is 1. The van der Waals surface area contributed by atoms with Crippen molar-refractivity contribution in [2.24, 2.45) is 0 Å². The Morgan fingerprint density at radius 1 is 1.18 bits per heavy atom. The molecule has 2 heterocycles. The zero-order valence-electron chi connectivity index (χ0n) is 20.6. The quantitative estimate of drug-likeness (QED) is 0.230. The van der Waals surface area contributed by atoms with Gasteiger partial charge < -0.3 is 19.6 Å². The van der Waals surface area contributed by atoms with E-state index in [1.807, 2.05) is 13.0 Å². The summed E-state index contributed by atoms with van der Waals surface area (Å²) in [5, 5.41) is 11.3. The van der Waals surface area contributed by atoms with Crippen LogP contribution in [0, 0.1) is 6.92 Å². The number of unbranched alkanes of at least 4 members (excludes halogenated alkanes) is 1. The number of pyridine rings is 1.